The second-order valence-electron chi connectivity index (χ2n) is 7.50. The van der Waals surface area contributed by atoms with Gasteiger partial charge in [0.25, 0.3) is 5.89 Å². The summed E-state index contributed by atoms with van der Waals surface area (Å²) in [6.07, 6.45) is 2.72. The lowest BCUT2D eigenvalue weighted by Gasteiger charge is -2.31. The van der Waals surface area contributed by atoms with Gasteiger partial charge in [-0.3, -0.25) is 0 Å². The van der Waals surface area contributed by atoms with Gasteiger partial charge in [0.05, 0.1) is 29.4 Å². The molecular weight excluding hydrogens is 404 g/mol. The van der Waals surface area contributed by atoms with Crippen LogP contribution in [0.4, 0.5) is 5.69 Å². The molecule has 0 unspecified atom stereocenters. The number of nitrogen functional groups attached to an aromatic ring is 1. The lowest BCUT2D eigenvalue weighted by atomic mass is 10.0. The molecule has 1 aliphatic heterocycles. The first-order valence-corrected chi connectivity index (χ1v) is 10.4. The second-order valence-corrected chi connectivity index (χ2v) is 7.91. The fourth-order valence-electron chi connectivity index (χ4n) is 3.85. The fraction of sp³-hybridized carbons (Fsp3) is 0.364. The zero-order valence-corrected chi connectivity index (χ0v) is 17.6. The Morgan fingerprint density at radius 1 is 1.23 bits per heavy atom. The highest BCUT2D eigenvalue weighted by molar-refractivity contribution is 6.33. The van der Waals surface area contributed by atoms with Crippen molar-refractivity contribution in [1.29, 1.82) is 0 Å². The molecule has 0 saturated carbocycles. The Balaban J connectivity index is 1.44. The van der Waals surface area contributed by atoms with Crippen molar-refractivity contribution in [2.24, 2.45) is 0 Å². The van der Waals surface area contributed by atoms with Crippen molar-refractivity contribution in [3.63, 3.8) is 0 Å². The predicted molar refractivity (Wildman–Crippen MR) is 117 cm³/mol. The van der Waals surface area contributed by atoms with Crippen molar-refractivity contribution in [3.05, 3.63) is 63.6 Å². The molecule has 2 N–H and O–H groups in total. The highest BCUT2D eigenvalue weighted by Crippen LogP contribution is 2.35. The summed E-state index contributed by atoms with van der Waals surface area (Å²) in [5.41, 5.74) is 8.07. The minimum absolute atomic E-state index is 0.0122. The van der Waals surface area contributed by atoms with E-state index >= 15 is 0 Å². The monoisotopic (exact) mass is 428 g/mol. The number of aromatic nitrogens is 2. The minimum atomic E-state index is -0.470. The van der Waals surface area contributed by atoms with Gasteiger partial charge in [-0.2, -0.15) is 4.68 Å². The van der Waals surface area contributed by atoms with Gasteiger partial charge in [0.15, 0.2) is 0 Å². The molecule has 0 aliphatic carbocycles. The molecule has 8 heteroatoms. The van der Waals surface area contributed by atoms with Gasteiger partial charge in [-0.1, -0.05) is 41.9 Å². The number of hydrogen-bond acceptors (Lipinski definition) is 6. The molecule has 3 aromatic rings. The Kier molecular flexibility index (Phi) is 6.11. The smallest absolute Gasteiger partial charge is 0.437 e. The number of likely N-dealkylation sites (tertiary alicyclic amines) is 1. The van der Waals surface area contributed by atoms with E-state index in [0.29, 0.717) is 22.0 Å². The van der Waals surface area contributed by atoms with Crippen molar-refractivity contribution in [3.8, 4) is 17.2 Å². The van der Waals surface area contributed by atoms with E-state index in [-0.39, 0.29) is 11.9 Å². The third kappa shape index (κ3) is 4.37. The molecule has 158 valence electrons. The van der Waals surface area contributed by atoms with Crippen LogP contribution in [0.3, 0.4) is 0 Å². The molecule has 1 aromatic heterocycles. The van der Waals surface area contributed by atoms with Gasteiger partial charge in [-0.05, 0) is 30.9 Å². The van der Waals surface area contributed by atoms with Gasteiger partial charge >= 0.3 is 5.76 Å². The summed E-state index contributed by atoms with van der Waals surface area (Å²) in [5.74, 6) is 0.175. The number of rotatable bonds is 6. The summed E-state index contributed by atoms with van der Waals surface area (Å²) in [6.45, 7) is 2.85. The van der Waals surface area contributed by atoms with Gasteiger partial charge in [0.1, 0.15) is 5.75 Å². The molecule has 30 heavy (non-hydrogen) atoms. The molecule has 1 fully saturated rings. The van der Waals surface area contributed by atoms with Crippen LogP contribution in [0, 0.1) is 0 Å². The standard InChI is InChI=1S/C22H25ClN4O3/c1-29-20-14-19(24)18(23)13-17(20)21-25-27(22(28)30-21)16-8-11-26(12-9-16)10-7-15-5-3-2-4-6-15/h2-6,13-14,16H,7-12,24H2,1H3. The topological polar surface area (TPSA) is 86.5 Å². The third-order valence-electron chi connectivity index (χ3n) is 5.58. The van der Waals surface area contributed by atoms with Crippen LogP contribution in [0.15, 0.2) is 51.7 Å². The zero-order valence-electron chi connectivity index (χ0n) is 16.9. The summed E-state index contributed by atoms with van der Waals surface area (Å²) in [6, 6.07) is 13.7. The maximum absolute atomic E-state index is 12.5. The number of anilines is 1. The summed E-state index contributed by atoms with van der Waals surface area (Å²) in [4.78, 5) is 14.9. The number of halogens is 1. The van der Waals surface area contributed by atoms with Crippen molar-refractivity contribution in [2.75, 3.05) is 32.5 Å². The third-order valence-corrected chi connectivity index (χ3v) is 5.91. The largest absolute Gasteiger partial charge is 0.496 e. The summed E-state index contributed by atoms with van der Waals surface area (Å²) in [5, 5.41) is 4.80. The van der Waals surface area contributed by atoms with Gasteiger partial charge < -0.3 is 19.8 Å². The lowest BCUT2D eigenvalue weighted by Crippen LogP contribution is -2.38. The zero-order chi connectivity index (χ0) is 21.1. The van der Waals surface area contributed by atoms with Gasteiger partial charge in [-0.25, -0.2) is 4.79 Å². The van der Waals surface area contributed by atoms with Crippen LogP contribution in [0.25, 0.3) is 11.5 Å². The molecule has 0 spiro atoms. The van der Waals surface area contributed by atoms with Crippen LogP contribution in [0.2, 0.25) is 5.02 Å². The van der Waals surface area contributed by atoms with Gasteiger partial charge in [0, 0.05) is 25.7 Å². The summed E-state index contributed by atoms with van der Waals surface area (Å²) < 4.78 is 12.2. The number of methoxy groups -OCH3 is 1. The van der Waals surface area contributed by atoms with E-state index in [1.807, 2.05) is 6.07 Å². The number of ether oxygens (including phenoxy) is 1. The quantitative estimate of drug-likeness (QED) is 0.603. The molecular formula is C22H25ClN4O3. The molecule has 1 aliphatic rings. The maximum atomic E-state index is 12.5. The predicted octanol–water partition coefficient (Wildman–Crippen LogP) is 3.63. The normalized spacial score (nSPS) is 15.4. The van der Waals surface area contributed by atoms with Crippen molar-refractivity contribution in [1.82, 2.24) is 14.7 Å². The minimum Gasteiger partial charge on any atom is -0.496 e. The molecule has 1 saturated heterocycles. The van der Waals surface area contributed by atoms with Crippen LogP contribution < -0.4 is 16.2 Å². The second kappa shape index (κ2) is 8.93. The Morgan fingerprint density at radius 2 is 1.97 bits per heavy atom. The van der Waals surface area contributed by atoms with E-state index < -0.39 is 5.76 Å². The van der Waals surface area contributed by atoms with E-state index in [4.69, 9.17) is 26.5 Å². The number of benzene rings is 2. The van der Waals surface area contributed by atoms with E-state index in [2.05, 4.69) is 34.3 Å². The molecule has 0 bridgehead atoms. The molecule has 0 atom stereocenters. The van der Waals surface area contributed by atoms with Crippen LogP contribution in [-0.2, 0) is 6.42 Å². The first kappa shape index (κ1) is 20.5. The van der Waals surface area contributed by atoms with E-state index in [0.717, 1.165) is 38.9 Å². The SMILES string of the molecule is COc1cc(N)c(Cl)cc1-c1nn(C2CCN(CCc3ccccc3)CC2)c(=O)o1. The highest BCUT2D eigenvalue weighted by atomic mass is 35.5. The number of piperidine rings is 1. The first-order valence-electron chi connectivity index (χ1n) is 10.0. The molecule has 0 radical (unpaired) electrons. The Hall–Kier alpha value is -2.77. The number of nitrogens with two attached hydrogens (primary N) is 1. The lowest BCUT2D eigenvalue weighted by molar-refractivity contribution is 0.177. The fourth-order valence-corrected chi connectivity index (χ4v) is 4.02. The molecule has 2 heterocycles. The molecule has 2 aromatic carbocycles. The van der Waals surface area contributed by atoms with Crippen LogP contribution in [-0.4, -0.2) is 41.4 Å². The highest BCUT2D eigenvalue weighted by Gasteiger charge is 2.25. The van der Waals surface area contributed by atoms with Gasteiger partial charge in [-0.15, -0.1) is 5.10 Å². The Bertz CT molecular complexity index is 1060. The Labute approximate surface area is 180 Å². The number of hydrogen-bond donors (Lipinski definition) is 1. The van der Waals surface area contributed by atoms with E-state index in [1.165, 1.54) is 17.4 Å². The number of nitrogens with zero attached hydrogens (tertiary/aromatic N) is 3. The summed E-state index contributed by atoms with van der Waals surface area (Å²) >= 11 is 6.14. The van der Waals surface area contributed by atoms with Crippen molar-refractivity contribution < 1.29 is 9.15 Å². The van der Waals surface area contributed by atoms with Crippen molar-refractivity contribution >= 4 is 17.3 Å². The molecule has 7 nitrogen and oxygen atoms in total. The average Bonchev–Trinajstić information content (AvgIpc) is 3.16. The maximum Gasteiger partial charge on any atom is 0.437 e. The first-order chi connectivity index (χ1) is 14.5. The van der Waals surface area contributed by atoms with Crippen LogP contribution >= 0.6 is 11.6 Å². The Morgan fingerprint density at radius 3 is 2.67 bits per heavy atom. The van der Waals surface area contributed by atoms with E-state index in [1.54, 1.807) is 12.1 Å². The van der Waals surface area contributed by atoms with Crippen LogP contribution in [0.5, 0.6) is 5.75 Å². The summed E-state index contributed by atoms with van der Waals surface area (Å²) in [7, 11) is 1.52. The van der Waals surface area contributed by atoms with Crippen LogP contribution in [0.1, 0.15) is 24.4 Å². The molecule has 0 amide bonds. The average molecular weight is 429 g/mol. The van der Waals surface area contributed by atoms with Crippen molar-refractivity contribution in [2.45, 2.75) is 25.3 Å². The van der Waals surface area contributed by atoms with Gasteiger partial charge in [0.2, 0.25) is 0 Å². The van der Waals surface area contributed by atoms with E-state index in [9.17, 15) is 4.79 Å². The molecule has 4 rings (SSSR count).